The first-order chi connectivity index (χ1) is 7.24. The topological polar surface area (TPSA) is 35.5 Å². The number of hydrogen-bond acceptors (Lipinski definition) is 3. The van der Waals surface area contributed by atoms with Gasteiger partial charge in [-0.1, -0.05) is 30.3 Å². The van der Waals surface area contributed by atoms with E-state index in [4.69, 9.17) is 0 Å². The van der Waals surface area contributed by atoms with Gasteiger partial charge >= 0.3 is 0 Å². The van der Waals surface area contributed by atoms with Crippen LogP contribution in [-0.2, 0) is 0 Å². The molecule has 0 heterocycles. The smallest absolute Gasteiger partial charge is 0.0916 e. The Morgan fingerprint density at radius 2 is 2.00 bits per heavy atom. The van der Waals surface area contributed by atoms with Crippen LogP contribution in [0.4, 0.5) is 0 Å². The van der Waals surface area contributed by atoms with Crippen LogP contribution in [0.15, 0.2) is 30.3 Å². The molecule has 0 aromatic heterocycles. The van der Waals surface area contributed by atoms with Crippen molar-refractivity contribution >= 4 is 0 Å². The summed E-state index contributed by atoms with van der Waals surface area (Å²) in [6.07, 6.45) is -0.395. The first kappa shape index (κ1) is 12.2. The molecule has 3 heteroatoms. The molecule has 1 rings (SSSR count). The van der Waals surface area contributed by atoms with Gasteiger partial charge in [-0.05, 0) is 19.7 Å². The molecule has 0 amide bonds. The van der Waals surface area contributed by atoms with Crippen LogP contribution in [0.1, 0.15) is 11.7 Å². The third kappa shape index (κ3) is 4.42. The monoisotopic (exact) mass is 208 g/mol. The van der Waals surface area contributed by atoms with Gasteiger partial charge in [-0.25, -0.2) is 0 Å². The van der Waals surface area contributed by atoms with E-state index >= 15 is 0 Å². The van der Waals surface area contributed by atoms with E-state index in [1.165, 1.54) is 0 Å². The van der Waals surface area contributed by atoms with Crippen LogP contribution in [0.25, 0.3) is 0 Å². The molecular weight excluding hydrogens is 188 g/mol. The predicted octanol–water partition coefficient (Wildman–Crippen LogP) is 0.871. The molecular formula is C12H20N2O. The summed E-state index contributed by atoms with van der Waals surface area (Å²) in [5.74, 6) is 0. The Hall–Kier alpha value is -0.900. The Morgan fingerprint density at radius 3 is 2.60 bits per heavy atom. The normalized spacial score (nSPS) is 13.1. The van der Waals surface area contributed by atoms with Crippen molar-refractivity contribution < 1.29 is 5.11 Å². The highest BCUT2D eigenvalue weighted by atomic mass is 16.3. The van der Waals surface area contributed by atoms with Crippen LogP contribution >= 0.6 is 0 Å². The van der Waals surface area contributed by atoms with Crippen molar-refractivity contribution in [1.29, 1.82) is 0 Å². The van der Waals surface area contributed by atoms with E-state index in [9.17, 15) is 5.11 Å². The van der Waals surface area contributed by atoms with Crippen LogP contribution in [0, 0.1) is 0 Å². The number of hydrogen-bond donors (Lipinski definition) is 2. The van der Waals surface area contributed by atoms with Crippen LogP contribution in [0.5, 0.6) is 0 Å². The highest BCUT2D eigenvalue weighted by Gasteiger charge is 2.09. The van der Waals surface area contributed by atoms with Gasteiger partial charge < -0.3 is 15.3 Å². The molecule has 3 nitrogen and oxygen atoms in total. The maximum Gasteiger partial charge on any atom is 0.0916 e. The molecule has 0 spiro atoms. The van der Waals surface area contributed by atoms with Gasteiger partial charge in [0.2, 0.25) is 0 Å². The fourth-order valence-corrected chi connectivity index (χ4v) is 1.47. The van der Waals surface area contributed by atoms with E-state index < -0.39 is 6.10 Å². The van der Waals surface area contributed by atoms with Gasteiger partial charge in [0.25, 0.3) is 0 Å². The maximum atomic E-state index is 9.93. The average Bonchev–Trinajstić information content (AvgIpc) is 2.27. The Kier molecular flexibility index (Phi) is 5.32. The number of benzene rings is 1. The molecule has 1 unspecified atom stereocenters. The number of nitrogens with zero attached hydrogens (tertiary/aromatic N) is 1. The van der Waals surface area contributed by atoms with Crippen molar-refractivity contribution in [2.24, 2.45) is 0 Å². The van der Waals surface area contributed by atoms with E-state index in [2.05, 4.69) is 10.2 Å². The lowest BCUT2D eigenvalue weighted by Gasteiger charge is -2.20. The molecule has 0 radical (unpaired) electrons. The van der Waals surface area contributed by atoms with Gasteiger partial charge in [-0.15, -0.1) is 0 Å². The van der Waals surface area contributed by atoms with Gasteiger partial charge in [-0.2, -0.15) is 0 Å². The second-order valence-electron chi connectivity index (χ2n) is 3.79. The molecule has 15 heavy (non-hydrogen) atoms. The lowest BCUT2D eigenvalue weighted by atomic mass is 10.1. The Bertz CT molecular complexity index is 264. The highest BCUT2D eigenvalue weighted by molar-refractivity contribution is 5.17. The number of aliphatic hydroxyl groups is 1. The van der Waals surface area contributed by atoms with Gasteiger partial charge in [0.05, 0.1) is 6.10 Å². The maximum absolute atomic E-state index is 9.93. The van der Waals surface area contributed by atoms with Gasteiger partial charge in [0, 0.05) is 19.6 Å². The SMILES string of the molecule is CNCCN(C)CC(O)c1ccccc1. The molecule has 0 aliphatic heterocycles. The predicted molar refractivity (Wildman–Crippen MR) is 62.8 cm³/mol. The van der Waals surface area contributed by atoms with Gasteiger partial charge in [0.15, 0.2) is 0 Å². The quantitative estimate of drug-likeness (QED) is 0.728. The zero-order valence-corrected chi connectivity index (χ0v) is 9.48. The summed E-state index contributed by atoms with van der Waals surface area (Å²) in [6, 6.07) is 9.77. The third-order valence-electron chi connectivity index (χ3n) is 2.41. The summed E-state index contributed by atoms with van der Waals surface area (Å²) in [5, 5.41) is 13.0. The zero-order valence-electron chi connectivity index (χ0n) is 9.48. The van der Waals surface area contributed by atoms with Gasteiger partial charge in [-0.3, -0.25) is 0 Å². The molecule has 2 N–H and O–H groups in total. The molecule has 0 aliphatic rings. The van der Waals surface area contributed by atoms with Crippen LogP contribution in [0.3, 0.4) is 0 Å². The average molecular weight is 208 g/mol. The molecule has 0 saturated carbocycles. The second kappa shape index (κ2) is 6.56. The Morgan fingerprint density at radius 1 is 1.33 bits per heavy atom. The molecule has 84 valence electrons. The minimum atomic E-state index is -0.395. The van der Waals surface area contributed by atoms with Crippen LogP contribution in [0.2, 0.25) is 0 Å². The summed E-state index contributed by atoms with van der Waals surface area (Å²) >= 11 is 0. The number of likely N-dealkylation sites (N-methyl/N-ethyl adjacent to an activating group) is 2. The van der Waals surface area contributed by atoms with E-state index in [1.807, 2.05) is 44.4 Å². The van der Waals surface area contributed by atoms with E-state index in [0.29, 0.717) is 6.54 Å². The molecule has 0 saturated heterocycles. The minimum Gasteiger partial charge on any atom is -0.387 e. The minimum absolute atomic E-state index is 0.395. The zero-order chi connectivity index (χ0) is 11.1. The number of aliphatic hydroxyl groups excluding tert-OH is 1. The largest absolute Gasteiger partial charge is 0.387 e. The first-order valence-electron chi connectivity index (χ1n) is 5.30. The number of nitrogens with one attached hydrogen (secondary N) is 1. The van der Waals surface area contributed by atoms with Crippen molar-refractivity contribution in [3.8, 4) is 0 Å². The van der Waals surface area contributed by atoms with Crippen molar-refractivity contribution in [3.05, 3.63) is 35.9 Å². The van der Waals surface area contributed by atoms with E-state index in [-0.39, 0.29) is 0 Å². The third-order valence-corrected chi connectivity index (χ3v) is 2.41. The van der Waals surface area contributed by atoms with Crippen LogP contribution < -0.4 is 5.32 Å². The van der Waals surface area contributed by atoms with Gasteiger partial charge in [0.1, 0.15) is 0 Å². The van der Waals surface area contributed by atoms with Crippen LogP contribution in [-0.4, -0.2) is 43.7 Å². The molecule has 1 aromatic rings. The molecule has 0 fully saturated rings. The van der Waals surface area contributed by atoms with E-state index in [1.54, 1.807) is 0 Å². The summed E-state index contributed by atoms with van der Waals surface area (Å²) in [6.45, 7) is 2.56. The summed E-state index contributed by atoms with van der Waals surface area (Å²) in [5.41, 5.74) is 0.980. The number of rotatable bonds is 6. The summed E-state index contributed by atoms with van der Waals surface area (Å²) in [7, 11) is 3.95. The molecule has 1 atom stereocenters. The second-order valence-corrected chi connectivity index (χ2v) is 3.79. The van der Waals surface area contributed by atoms with Crippen molar-refractivity contribution in [2.75, 3.05) is 33.7 Å². The molecule has 0 bridgehead atoms. The summed E-state index contributed by atoms with van der Waals surface area (Å²) < 4.78 is 0. The molecule has 0 aliphatic carbocycles. The first-order valence-corrected chi connectivity index (χ1v) is 5.30. The van der Waals surface area contributed by atoms with Crippen molar-refractivity contribution in [2.45, 2.75) is 6.10 Å². The highest BCUT2D eigenvalue weighted by Crippen LogP contribution is 2.12. The lowest BCUT2D eigenvalue weighted by Crippen LogP contribution is -2.30. The summed E-state index contributed by atoms with van der Waals surface area (Å²) in [4.78, 5) is 2.12. The van der Waals surface area contributed by atoms with Crippen molar-refractivity contribution in [1.82, 2.24) is 10.2 Å². The standard InChI is InChI=1S/C12H20N2O/c1-13-8-9-14(2)10-12(15)11-6-4-3-5-7-11/h3-7,12-13,15H,8-10H2,1-2H3. The Labute approximate surface area is 91.7 Å². The fourth-order valence-electron chi connectivity index (χ4n) is 1.47. The lowest BCUT2D eigenvalue weighted by molar-refractivity contribution is 0.127. The fraction of sp³-hybridized carbons (Fsp3) is 0.500. The van der Waals surface area contributed by atoms with E-state index in [0.717, 1.165) is 18.7 Å². The Balaban J connectivity index is 2.38. The van der Waals surface area contributed by atoms with Crippen molar-refractivity contribution in [3.63, 3.8) is 0 Å². The molecule has 1 aromatic carbocycles.